The van der Waals surface area contributed by atoms with Gasteiger partial charge in [0.05, 0.1) is 0 Å². The van der Waals surface area contributed by atoms with Gasteiger partial charge in [-0.25, -0.2) is 4.98 Å². The molecule has 0 bridgehead atoms. The third kappa shape index (κ3) is 2.45. The third-order valence-corrected chi connectivity index (χ3v) is 1.98. The molecule has 0 aliphatic rings. The largest absolute Gasteiger partial charge is 0.364 e. The Bertz CT molecular complexity index is 308. The molecule has 4 nitrogen and oxygen atoms in total. The first kappa shape index (κ1) is 10.1. The van der Waals surface area contributed by atoms with Crippen molar-refractivity contribution in [1.29, 1.82) is 0 Å². The van der Waals surface area contributed by atoms with Crippen LogP contribution < -0.4 is 5.73 Å². The number of imidazole rings is 1. The van der Waals surface area contributed by atoms with Gasteiger partial charge in [-0.15, -0.1) is 0 Å². The summed E-state index contributed by atoms with van der Waals surface area (Å²) in [6.07, 6.45) is 2.88. The quantitative estimate of drug-likeness (QED) is 0.775. The predicted molar refractivity (Wildman–Crippen MR) is 50.7 cm³/mol. The van der Waals surface area contributed by atoms with Gasteiger partial charge in [-0.3, -0.25) is 4.79 Å². The lowest BCUT2D eigenvalue weighted by molar-refractivity contribution is 0.0996. The average molecular weight is 202 g/mol. The lowest BCUT2D eigenvalue weighted by Gasteiger charge is -1.91. The van der Waals surface area contributed by atoms with E-state index in [0.29, 0.717) is 0 Å². The number of hydrogen-bond donors (Lipinski definition) is 2. The van der Waals surface area contributed by atoms with Crippen molar-refractivity contribution >= 4 is 17.5 Å². The third-order valence-electron chi connectivity index (χ3n) is 1.71. The number of rotatable bonds is 4. The molecule has 1 amide bonds. The zero-order valence-electron chi connectivity index (χ0n) is 7.43. The van der Waals surface area contributed by atoms with Crippen molar-refractivity contribution in [3.05, 3.63) is 16.7 Å². The molecule has 0 atom stereocenters. The number of carbonyl (C=O) groups is 1. The molecule has 0 fully saturated rings. The van der Waals surface area contributed by atoms with E-state index < -0.39 is 5.91 Å². The smallest absolute Gasteiger partial charge is 0.270 e. The molecule has 0 spiro atoms. The van der Waals surface area contributed by atoms with E-state index in [-0.39, 0.29) is 10.8 Å². The van der Waals surface area contributed by atoms with E-state index in [1.807, 2.05) is 0 Å². The molecule has 1 heterocycles. The summed E-state index contributed by atoms with van der Waals surface area (Å²) in [5, 5.41) is 0.235. The molecule has 1 aromatic heterocycles. The summed E-state index contributed by atoms with van der Waals surface area (Å²) in [7, 11) is 0. The number of halogens is 1. The van der Waals surface area contributed by atoms with Crippen LogP contribution in [0.15, 0.2) is 0 Å². The minimum absolute atomic E-state index is 0.132. The lowest BCUT2D eigenvalue weighted by Crippen LogP contribution is -2.11. The number of nitrogens with two attached hydrogens (primary N) is 1. The first-order chi connectivity index (χ1) is 6.15. The number of aromatic amines is 1. The van der Waals surface area contributed by atoms with E-state index >= 15 is 0 Å². The number of aryl methyl sites for hydroxylation is 1. The highest BCUT2D eigenvalue weighted by atomic mass is 35.5. The highest BCUT2D eigenvalue weighted by Gasteiger charge is 2.12. The molecular formula is C8H12ClN3O. The summed E-state index contributed by atoms with van der Waals surface area (Å²) in [4.78, 5) is 17.6. The minimum Gasteiger partial charge on any atom is -0.364 e. The van der Waals surface area contributed by atoms with Crippen LogP contribution in [0.1, 0.15) is 36.1 Å². The molecule has 72 valence electrons. The Morgan fingerprint density at radius 3 is 2.85 bits per heavy atom. The van der Waals surface area contributed by atoms with Crippen LogP contribution in [0.25, 0.3) is 0 Å². The molecule has 0 unspecified atom stereocenters. The fourth-order valence-corrected chi connectivity index (χ4v) is 1.27. The SMILES string of the molecule is CCCCc1nc(C(N)=O)c(Cl)[nH]1. The molecule has 0 radical (unpaired) electrons. The first-order valence-electron chi connectivity index (χ1n) is 4.19. The Morgan fingerprint density at radius 1 is 1.69 bits per heavy atom. The van der Waals surface area contributed by atoms with Crippen molar-refractivity contribution in [2.75, 3.05) is 0 Å². The number of hydrogen-bond acceptors (Lipinski definition) is 2. The maximum absolute atomic E-state index is 10.8. The van der Waals surface area contributed by atoms with Crippen molar-refractivity contribution < 1.29 is 4.79 Å². The van der Waals surface area contributed by atoms with Gasteiger partial charge in [-0.2, -0.15) is 0 Å². The van der Waals surface area contributed by atoms with E-state index in [1.165, 1.54) is 0 Å². The summed E-state index contributed by atoms with van der Waals surface area (Å²) >= 11 is 5.70. The topological polar surface area (TPSA) is 71.8 Å². The van der Waals surface area contributed by atoms with Gasteiger partial charge in [-0.05, 0) is 6.42 Å². The van der Waals surface area contributed by atoms with Gasteiger partial charge in [0.2, 0.25) is 0 Å². The van der Waals surface area contributed by atoms with Crippen LogP contribution in [-0.4, -0.2) is 15.9 Å². The Kier molecular flexibility index (Phi) is 3.31. The molecule has 0 saturated carbocycles. The summed E-state index contributed by atoms with van der Waals surface area (Å²) in [5.74, 6) is 0.129. The average Bonchev–Trinajstić information content (AvgIpc) is 2.43. The van der Waals surface area contributed by atoms with E-state index in [4.69, 9.17) is 17.3 Å². The van der Waals surface area contributed by atoms with Crippen molar-refractivity contribution in [3.8, 4) is 0 Å². The second-order valence-electron chi connectivity index (χ2n) is 2.81. The fourth-order valence-electron chi connectivity index (χ4n) is 1.02. The van der Waals surface area contributed by atoms with Crippen LogP contribution in [0.5, 0.6) is 0 Å². The number of primary amides is 1. The maximum atomic E-state index is 10.8. The summed E-state index contributed by atoms with van der Waals surface area (Å²) < 4.78 is 0. The second-order valence-corrected chi connectivity index (χ2v) is 3.19. The van der Waals surface area contributed by atoms with Crippen LogP contribution in [0, 0.1) is 0 Å². The number of unbranched alkanes of at least 4 members (excludes halogenated alkanes) is 1. The van der Waals surface area contributed by atoms with Crippen LogP contribution in [-0.2, 0) is 6.42 Å². The molecule has 1 aromatic rings. The van der Waals surface area contributed by atoms with Gasteiger partial charge in [-0.1, -0.05) is 24.9 Å². The molecule has 13 heavy (non-hydrogen) atoms. The fraction of sp³-hybridized carbons (Fsp3) is 0.500. The van der Waals surface area contributed by atoms with Gasteiger partial charge in [0.25, 0.3) is 5.91 Å². The summed E-state index contributed by atoms with van der Waals surface area (Å²) in [6, 6.07) is 0. The molecule has 0 aliphatic heterocycles. The van der Waals surface area contributed by atoms with E-state index in [9.17, 15) is 4.79 Å². The number of carbonyl (C=O) groups excluding carboxylic acids is 1. The van der Waals surface area contributed by atoms with Crippen LogP contribution in [0.2, 0.25) is 5.15 Å². The highest BCUT2D eigenvalue weighted by Crippen LogP contribution is 2.13. The second kappa shape index (κ2) is 4.28. The van der Waals surface area contributed by atoms with Crippen molar-refractivity contribution in [2.24, 2.45) is 5.73 Å². The molecule has 0 aromatic carbocycles. The predicted octanol–water partition coefficient (Wildman–Crippen LogP) is 1.50. The lowest BCUT2D eigenvalue weighted by atomic mass is 10.2. The Morgan fingerprint density at radius 2 is 2.38 bits per heavy atom. The summed E-state index contributed by atoms with van der Waals surface area (Å²) in [5.41, 5.74) is 5.18. The molecule has 1 rings (SSSR count). The monoisotopic (exact) mass is 201 g/mol. The normalized spacial score (nSPS) is 10.3. The van der Waals surface area contributed by atoms with Crippen LogP contribution in [0.3, 0.4) is 0 Å². The number of aromatic nitrogens is 2. The zero-order valence-corrected chi connectivity index (χ0v) is 8.19. The van der Waals surface area contributed by atoms with E-state index in [0.717, 1.165) is 25.1 Å². The molecule has 0 saturated heterocycles. The first-order valence-corrected chi connectivity index (χ1v) is 4.57. The van der Waals surface area contributed by atoms with E-state index in [2.05, 4.69) is 16.9 Å². The number of H-pyrrole nitrogens is 1. The van der Waals surface area contributed by atoms with Crippen LogP contribution >= 0.6 is 11.6 Å². The van der Waals surface area contributed by atoms with Crippen molar-refractivity contribution in [1.82, 2.24) is 9.97 Å². The molecular weight excluding hydrogens is 190 g/mol. The minimum atomic E-state index is -0.594. The number of nitrogens with one attached hydrogen (secondary N) is 1. The van der Waals surface area contributed by atoms with Gasteiger partial charge in [0.1, 0.15) is 11.0 Å². The molecule has 3 N–H and O–H groups in total. The van der Waals surface area contributed by atoms with Gasteiger partial charge < -0.3 is 10.7 Å². The van der Waals surface area contributed by atoms with Gasteiger partial charge in [0, 0.05) is 6.42 Å². The summed E-state index contributed by atoms with van der Waals surface area (Å²) in [6.45, 7) is 2.08. The Balaban J connectivity index is 2.76. The Labute approximate surface area is 81.5 Å². The zero-order chi connectivity index (χ0) is 9.84. The number of amides is 1. The molecule has 0 aliphatic carbocycles. The molecule has 5 heteroatoms. The maximum Gasteiger partial charge on any atom is 0.270 e. The standard InChI is InChI=1S/C8H12ClN3O/c1-2-3-4-5-11-6(8(10)13)7(9)12-5/h2-4H2,1H3,(H2,10,13)(H,11,12). The van der Waals surface area contributed by atoms with Gasteiger partial charge in [0.15, 0.2) is 5.69 Å². The van der Waals surface area contributed by atoms with Crippen LogP contribution in [0.4, 0.5) is 0 Å². The Hall–Kier alpha value is -1.03. The van der Waals surface area contributed by atoms with Crippen molar-refractivity contribution in [2.45, 2.75) is 26.2 Å². The van der Waals surface area contributed by atoms with E-state index in [1.54, 1.807) is 0 Å². The number of nitrogens with zero attached hydrogens (tertiary/aromatic N) is 1. The van der Waals surface area contributed by atoms with Crippen molar-refractivity contribution in [3.63, 3.8) is 0 Å². The van der Waals surface area contributed by atoms with Gasteiger partial charge >= 0.3 is 0 Å². The highest BCUT2D eigenvalue weighted by molar-refractivity contribution is 6.32.